The number of nitrogens with zero attached hydrogens (tertiary/aromatic N) is 2. The fourth-order valence-corrected chi connectivity index (χ4v) is 4.45. The maximum atomic E-state index is 12.6. The number of hydrogen-bond donors (Lipinski definition) is 1. The van der Waals surface area contributed by atoms with E-state index in [0.29, 0.717) is 13.1 Å². The third-order valence-electron chi connectivity index (χ3n) is 6.42. The van der Waals surface area contributed by atoms with Gasteiger partial charge in [0.05, 0.1) is 12.2 Å². The predicted octanol–water partition coefficient (Wildman–Crippen LogP) is 4.71. The monoisotopic (exact) mass is 429 g/mol. The first kappa shape index (κ1) is 22.0. The van der Waals surface area contributed by atoms with Crippen molar-refractivity contribution in [2.45, 2.75) is 65.5 Å². The molecule has 0 atom stereocenters. The van der Waals surface area contributed by atoms with Crippen molar-refractivity contribution in [3.63, 3.8) is 0 Å². The van der Waals surface area contributed by atoms with Gasteiger partial charge in [0, 0.05) is 36.2 Å². The van der Waals surface area contributed by atoms with Gasteiger partial charge in [-0.25, -0.2) is 0 Å². The Labute approximate surface area is 189 Å². The molecule has 0 bridgehead atoms. The van der Waals surface area contributed by atoms with Crippen LogP contribution in [0.3, 0.4) is 0 Å². The van der Waals surface area contributed by atoms with Crippen molar-refractivity contribution >= 4 is 11.7 Å². The standard InChI is InChI=1S/C27H31N3O2/c1-19-25(20(2)30(29-19)18-21-8-4-3-5-9-21)17-28-27(32)15-14-26(31)24-13-12-22-10-6-7-11-23(22)16-24/h3-5,8-9,12-13,16H,6-7,10-11,14-15,17-18H2,1-2H3,(H,28,32). The van der Waals surface area contributed by atoms with E-state index in [2.05, 4.69) is 28.6 Å². The number of rotatable bonds is 8. The third kappa shape index (κ3) is 5.16. The normalized spacial score (nSPS) is 12.9. The molecule has 1 amide bonds. The van der Waals surface area contributed by atoms with Crippen LogP contribution in [0.4, 0.5) is 0 Å². The molecule has 0 aliphatic heterocycles. The maximum Gasteiger partial charge on any atom is 0.220 e. The Bertz CT molecular complexity index is 1120. The Kier molecular flexibility index (Phi) is 6.84. The molecular formula is C27H31N3O2. The number of amides is 1. The minimum absolute atomic E-state index is 0.0385. The van der Waals surface area contributed by atoms with Crippen LogP contribution in [-0.2, 0) is 30.7 Å². The maximum absolute atomic E-state index is 12.6. The fraction of sp³-hybridized carbons (Fsp3) is 0.370. The summed E-state index contributed by atoms with van der Waals surface area (Å²) in [5.41, 5.74) is 7.59. The molecule has 5 nitrogen and oxygen atoms in total. The van der Waals surface area contributed by atoms with E-state index in [1.54, 1.807) is 0 Å². The van der Waals surface area contributed by atoms with E-state index in [1.807, 2.05) is 48.9 Å². The van der Waals surface area contributed by atoms with Crippen molar-refractivity contribution in [2.24, 2.45) is 0 Å². The van der Waals surface area contributed by atoms with Crippen LogP contribution in [-0.4, -0.2) is 21.5 Å². The molecule has 2 aromatic carbocycles. The van der Waals surface area contributed by atoms with Crippen LogP contribution in [0.1, 0.15) is 69.7 Å². The van der Waals surface area contributed by atoms with Crippen LogP contribution >= 0.6 is 0 Å². The Hall–Kier alpha value is -3.21. The number of benzene rings is 2. The molecule has 1 N–H and O–H groups in total. The van der Waals surface area contributed by atoms with Crippen LogP contribution in [0.15, 0.2) is 48.5 Å². The minimum Gasteiger partial charge on any atom is -0.352 e. The van der Waals surface area contributed by atoms with Crippen LogP contribution in [0.5, 0.6) is 0 Å². The molecule has 1 aromatic heterocycles. The molecule has 1 heterocycles. The minimum atomic E-state index is -0.106. The molecule has 1 aliphatic carbocycles. The van der Waals surface area contributed by atoms with Gasteiger partial charge < -0.3 is 5.32 Å². The number of aryl methyl sites for hydroxylation is 3. The number of nitrogens with one attached hydrogen (secondary N) is 1. The van der Waals surface area contributed by atoms with E-state index in [9.17, 15) is 9.59 Å². The molecule has 32 heavy (non-hydrogen) atoms. The van der Waals surface area contributed by atoms with Crippen LogP contribution < -0.4 is 5.32 Å². The lowest BCUT2D eigenvalue weighted by Gasteiger charge is -2.16. The fourth-order valence-electron chi connectivity index (χ4n) is 4.45. The van der Waals surface area contributed by atoms with Gasteiger partial charge in [0.2, 0.25) is 5.91 Å². The molecule has 5 heteroatoms. The van der Waals surface area contributed by atoms with Crippen molar-refractivity contribution < 1.29 is 9.59 Å². The zero-order valence-electron chi connectivity index (χ0n) is 19.0. The zero-order valence-corrected chi connectivity index (χ0v) is 19.0. The topological polar surface area (TPSA) is 64.0 Å². The van der Waals surface area contributed by atoms with Gasteiger partial charge in [-0.1, -0.05) is 42.5 Å². The molecular weight excluding hydrogens is 398 g/mol. The quantitative estimate of drug-likeness (QED) is 0.528. The predicted molar refractivity (Wildman–Crippen MR) is 126 cm³/mol. The third-order valence-corrected chi connectivity index (χ3v) is 6.42. The molecule has 3 aromatic rings. The molecule has 1 aliphatic rings. The second-order valence-corrected chi connectivity index (χ2v) is 8.68. The highest BCUT2D eigenvalue weighted by molar-refractivity contribution is 5.98. The highest BCUT2D eigenvalue weighted by Crippen LogP contribution is 2.23. The van der Waals surface area contributed by atoms with Crippen molar-refractivity contribution in [3.05, 3.63) is 87.7 Å². The van der Waals surface area contributed by atoms with E-state index in [0.717, 1.165) is 35.4 Å². The number of hydrogen-bond acceptors (Lipinski definition) is 3. The van der Waals surface area contributed by atoms with Gasteiger partial charge in [-0.3, -0.25) is 14.3 Å². The Morgan fingerprint density at radius 3 is 2.50 bits per heavy atom. The highest BCUT2D eigenvalue weighted by atomic mass is 16.2. The lowest BCUT2D eigenvalue weighted by Crippen LogP contribution is -2.24. The summed E-state index contributed by atoms with van der Waals surface area (Å²) >= 11 is 0. The Morgan fingerprint density at radius 2 is 1.72 bits per heavy atom. The molecule has 0 radical (unpaired) electrons. The first-order valence-electron chi connectivity index (χ1n) is 11.5. The van der Waals surface area contributed by atoms with Crippen molar-refractivity contribution in [1.29, 1.82) is 0 Å². The molecule has 166 valence electrons. The number of carbonyl (C=O) groups excluding carboxylic acids is 2. The molecule has 0 unspecified atom stereocenters. The number of ketones is 1. The summed E-state index contributed by atoms with van der Waals surface area (Å²) in [6.45, 7) is 5.13. The van der Waals surface area contributed by atoms with Gasteiger partial charge in [-0.15, -0.1) is 0 Å². The molecule has 4 rings (SSSR count). The number of fused-ring (bicyclic) bond motifs is 1. The Morgan fingerprint density at radius 1 is 0.969 bits per heavy atom. The van der Waals surface area contributed by atoms with Crippen molar-refractivity contribution in [3.8, 4) is 0 Å². The second kappa shape index (κ2) is 9.94. The smallest absolute Gasteiger partial charge is 0.220 e. The van der Waals surface area contributed by atoms with Crippen LogP contribution in [0.2, 0.25) is 0 Å². The van der Waals surface area contributed by atoms with E-state index < -0.39 is 0 Å². The van der Waals surface area contributed by atoms with Crippen LogP contribution in [0.25, 0.3) is 0 Å². The van der Waals surface area contributed by atoms with Gasteiger partial charge in [0.15, 0.2) is 5.78 Å². The average molecular weight is 430 g/mol. The Balaban J connectivity index is 1.30. The second-order valence-electron chi connectivity index (χ2n) is 8.68. The van der Waals surface area contributed by atoms with E-state index >= 15 is 0 Å². The van der Waals surface area contributed by atoms with Crippen molar-refractivity contribution in [1.82, 2.24) is 15.1 Å². The number of carbonyl (C=O) groups is 2. The summed E-state index contributed by atoms with van der Waals surface area (Å²) in [5.74, 6) is -0.0671. The van der Waals surface area contributed by atoms with Crippen molar-refractivity contribution in [2.75, 3.05) is 0 Å². The van der Waals surface area contributed by atoms with Gasteiger partial charge in [-0.2, -0.15) is 5.10 Å². The van der Waals surface area contributed by atoms with E-state index in [-0.39, 0.29) is 24.5 Å². The first-order valence-corrected chi connectivity index (χ1v) is 11.5. The van der Waals surface area contributed by atoms with Gasteiger partial charge in [0.25, 0.3) is 0 Å². The molecule has 0 spiro atoms. The molecule has 0 saturated heterocycles. The summed E-state index contributed by atoms with van der Waals surface area (Å²) in [5, 5.41) is 7.61. The summed E-state index contributed by atoms with van der Waals surface area (Å²) in [4.78, 5) is 25.0. The number of Topliss-reactive ketones (excluding diaryl/α,β-unsaturated/α-hetero) is 1. The van der Waals surface area contributed by atoms with E-state index in [4.69, 9.17) is 0 Å². The van der Waals surface area contributed by atoms with Gasteiger partial charge in [-0.05, 0) is 62.3 Å². The summed E-state index contributed by atoms with van der Waals surface area (Å²) in [6.07, 6.45) is 5.00. The first-order chi connectivity index (χ1) is 15.5. The summed E-state index contributed by atoms with van der Waals surface area (Å²) in [7, 11) is 0. The lowest BCUT2D eigenvalue weighted by atomic mass is 9.89. The van der Waals surface area contributed by atoms with E-state index in [1.165, 1.54) is 29.5 Å². The zero-order chi connectivity index (χ0) is 22.5. The summed E-state index contributed by atoms with van der Waals surface area (Å²) < 4.78 is 1.98. The number of aromatic nitrogens is 2. The molecule has 0 saturated carbocycles. The van der Waals surface area contributed by atoms with Gasteiger partial charge in [0.1, 0.15) is 0 Å². The highest BCUT2D eigenvalue weighted by Gasteiger charge is 2.16. The SMILES string of the molecule is Cc1nn(Cc2ccccc2)c(C)c1CNC(=O)CCC(=O)c1ccc2c(c1)CCCC2. The summed E-state index contributed by atoms with van der Waals surface area (Å²) in [6, 6.07) is 16.2. The van der Waals surface area contributed by atoms with Gasteiger partial charge >= 0.3 is 0 Å². The van der Waals surface area contributed by atoms with Crippen LogP contribution in [0, 0.1) is 13.8 Å². The largest absolute Gasteiger partial charge is 0.352 e. The molecule has 0 fully saturated rings. The average Bonchev–Trinajstić information content (AvgIpc) is 3.08. The lowest BCUT2D eigenvalue weighted by molar-refractivity contribution is -0.121.